The quantitative estimate of drug-likeness (QED) is 0.333. The summed E-state index contributed by atoms with van der Waals surface area (Å²) in [4.78, 5) is 18.6. The molecular weight excluding hydrogens is 523 g/mol. The molecular formula is C30H36F3N3O2S. The molecule has 0 saturated heterocycles. The van der Waals surface area contributed by atoms with Gasteiger partial charge in [0.05, 0.1) is 23.7 Å². The topological polar surface area (TPSA) is 37.7 Å². The van der Waals surface area contributed by atoms with Crippen LogP contribution in [0.25, 0.3) is 11.1 Å². The van der Waals surface area contributed by atoms with E-state index in [-0.39, 0.29) is 40.5 Å². The van der Waals surface area contributed by atoms with Crippen molar-refractivity contribution in [2.75, 3.05) is 47.9 Å². The summed E-state index contributed by atoms with van der Waals surface area (Å²) in [5.74, 6) is -1.94. The predicted octanol–water partition coefficient (Wildman–Crippen LogP) is 5.76. The Kier molecular flexibility index (Phi) is 8.54. The van der Waals surface area contributed by atoms with Crippen molar-refractivity contribution in [3.63, 3.8) is 0 Å². The molecule has 2 heterocycles. The molecule has 0 bridgehead atoms. The van der Waals surface area contributed by atoms with Crippen molar-refractivity contribution < 1.29 is 17.9 Å². The van der Waals surface area contributed by atoms with Gasteiger partial charge in [0.2, 0.25) is 0 Å². The Morgan fingerprint density at radius 3 is 2.26 bits per heavy atom. The van der Waals surface area contributed by atoms with E-state index in [0.717, 1.165) is 13.1 Å². The lowest BCUT2D eigenvalue weighted by Crippen LogP contribution is -2.41. The first-order chi connectivity index (χ1) is 18.4. The number of hydrogen-bond donors (Lipinski definition) is 0. The van der Waals surface area contributed by atoms with E-state index in [4.69, 9.17) is 4.74 Å². The highest BCUT2D eigenvalue weighted by molar-refractivity contribution is 8.00. The summed E-state index contributed by atoms with van der Waals surface area (Å²) in [7, 11) is 7.40. The average molecular weight is 560 g/mol. The van der Waals surface area contributed by atoms with Crippen LogP contribution < -0.4 is 10.3 Å². The molecule has 39 heavy (non-hydrogen) atoms. The highest BCUT2D eigenvalue weighted by Gasteiger charge is 2.44. The second-order valence-electron chi connectivity index (χ2n) is 10.9. The second-order valence-corrected chi connectivity index (χ2v) is 12.6. The third kappa shape index (κ3) is 5.62. The number of hydrogen-bond acceptors (Lipinski definition) is 5. The molecule has 4 rings (SSSR count). The summed E-state index contributed by atoms with van der Waals surface area (Å²) in [5, 5.41) is 0.670. The van der Waals surface area contributed by atoms with Crippen molar-refractivity contribution in [2.45, 2.75) is 43.0 Å². The molecule has 0 saturated carbocycles. The van der Waals surface area contributed by atoms with Crippen LogP contribution in [0.1, 0.15) is 36.6 Å². The Balaban J connectivity index is 1.97. The molecule has 1 aliphatic heterocycles. The maximum absolute atomic E-state index is 15.6. The number of likely N-dealkylation sites (N-methyl/N-ethyl adjacent to an activating group) is 2. The number of halogens is 3. The Labute approximate surface area is 232 Å². The Morgan fingerprint density at radius 2 is 1.64 bits per heavy atom. The van der Waals surface area contributed by atoms with Gasteiger partial charge in [0, 0.05) is 41.9 Å². The van der Waals surface area contributed by atoms with E-state index < -0.39 is 22.2 Å². The van der Waals surface area contributed by atoms with Crippen LogP contribution in [0.4, 0.5) is 13.2 Å². The van der Waals surface area contributed by atoms with Crippen LogP contribution >= 0.6 is 11.8 Å². The Morgan fingerprint density at radius 1 is 1.00 bits per heavy atom. The fraction of sp³-hybridized carbons (Fsp3) is 0.433. The van der Waals surface area contributed by atoms with E-state index in [1.807, 2.05) is 21.1 Å². The molecule has 0 N–H and O–H groups in total. The van der Waals surface area contributed by atoms with Gasteiger partial charge in [-0.2, -0.15) is 0 Å². The van der Waals surface area contributed by atoms with Gasteiger partial charge in [0.1, 0.15) is 11.6 Å². The maximum Gasteiger partial charge on any atom is 0.260 e. The second kappa shape index (κ2) is 11.4. The summed E-state index contributed by atoms with van der Waals surface area (Å²) >= 11 is 1.53. The first kappa shape index (κ1) is 29.2. The highest BCUT2D eigenvalue weighted by atomic mass is 32.2. The van der Waals surface area contributed by atoms with Crippen LogP contribution in [0.3, 0.4) is 0 Å². The zero-order chi connectivity index (χ0) is 28.6. The van der Waals surface area contributed by atoms with E-state index in [1.54, 1.807) is 23.6 Å². The number of nitrogens with zero attached hydrogens (tertiary/aromatic N) is 3. The van der Waals surface area contributed by atoms with Gasteiger partial charge in [0.15, 0.2) is 11.6 Å². The monoisotopic (exact) mass is 559 g/mol. The fourth-order valence-electron chi connectivity index (χ4n) is 5.18. The minimum Gasteiger partial charge on any atom is -0.494 e. The molecule has 9 heteroatoms. The number of methoxy groups -OCH3 is 1. The molecule has 0 aliphatic carbocycles. The van der Waals surface area contributed by atoms with Crippen LogP contribution in [-0.2, 0) is 6.42 Å². The molecule has 0 radical (unpaired) electrons. The minimum absolute atomic E-state index is 0.0215. The fourth-order valence-corrected chi connectivity index (χ4v) is 6.65. The van der Waals surface area contributed by atoms with Crippen LogP contribution in [-0.4, -0.2) is 67.0 Å². The Hall–Kier alpha value is -2.75. The number of pyridine rings is 1. The minimum atomic E-state index is -0.657. The summed E-state index contributed by atoms with van der Waals surface area (Å²) in [6.07, 6.45) is -0.0647. The zero-order valence-corrected chi connectivity index (χ0v) is 24.4. The first-order valence-electron chi connectivity index (χ1n) is 12.9. The van der Waals surface area contributed by atoms with Crippen LogP contribution in [0.15, 0.2) is 46.2 Å². The first-order valence-corrected chi connectivity index (χ1v) is 13.7. The summed E-state index contributed by atoms with van der Waals surface area (Å²) < 4.78 is 51.8. The van der Waals surface area contributed by atoms with Gasteiger partial charge in [-0.15, -0.1) is 0 Å². The van der Waals surface area contributed by atoms with E-state index in [2.05, 4.69) is 23.6 Å². The molecule has 0 amide bonds. The summed E-state index contributed by atoms with van der Waals surface area (Å²) in [5.41, 5.74) is 1.01. The molecule has 2 aromatic carbocycles. The van der Waals surface area contributed by atoms with Crippen molar-refractivity contribution in [3.8, 4) is 16.9 Å². The molecule has 0 fully saturated rings. The van der Waals surface area contributed by atoms with Crippen molar-refractivity contribution in [1.29, 1.82) is 0 Å². The molecule has 1 aliphatic rings. The number of fused-ring (bicyclic) bond motifs is 1. The van der Waals surface area contributed by atoms with Gasteiger partial charge >= 0.3 is 0 Å². The van der Waals surface area contributed by atoms with Gasteiger partial charge in [-0.25, -0.2) is 13.2 Å². The third-order valence-corrected chi connectivity index (χ3v) is 8.93. The van der Waals surface area contributed by atoms with E-state index in [9.17, 15) is 13.6 Å². The van der Waals surface area contributed by atoms with E-state index in [0.29, 0.717) is 22.7 Å². The van der Waals surface area contributed by atoms with Gasteiger partial charge < -0.3 is 14.5 Å². The number of ether oxygens (including phenoxy) is 1. The molecule has 1 unspecified atom stereocenters. The van der Waals surface area contributed by atoms with Gasteiger partial charge in [-0.1, -0.05) is 30.0 Å². The zero-order valence-electron chi connectivity index (χ0n) is 23.6. The number of thioether (sulfide) groups is 1. The van der Waals surface area contributed by atoms with Crippen LogP contribution in [0.2, 0.25) is 0 Å². The van der Waals surface area contributed by atoms with Crippen LogP contribution in [0.5, 0.6) is 5.75 Å². The standard InChI is InChI=1S/C30H36F3N3O2S/c1-18-20(16-21-22(31)11-9-12-23(21)32)29-36(25(30(2,3)39-29)17-35(6)15-14-34(4)5)28(37)26(18)19-10-8-13-24(38-7)27(19)33/h8-13,25H,14-17H2,1-7H3. The van der Waals surface area contributed by atoms with Crippen molar-refractivity contribution in [2.24, 2.45) is 0 Å². The van der Waals surface area contributed by atoms with E-state index in [1.165, 1.54) is 43.1 Å². The van der Waals surface area contributed by atoms with Gasteiger partial charge in [-0.05, 0) is 71.2 Å². The third-order valence-electron chi connectivity index (χ3n) is 7.49. The maximum atomic E-state index is 15.6. The lowest BCUT2D eigenvalue weighted by atomic mass is 9.93. The molecule has 5 nitrogen and oxygen atoms in total. The highest BCUT2D eigenvalue weighted by Crippen LogP contribution is 2.51. The molecule has 0 spiro atoms. The van der Waals surface area contributed by atoms with Crippen LogP contribution in [0, 0.1) is 24.4 Å². The van der Waals surface area contributed by atoms with Gasteiger partial charge in [-0.3, -0.25) is 9.36 Å². The van der Waals surface area contributed by atoms with Crippen molar-refractivity contribution in [3.05, 3.63) is 80.9 Å². The van der Waals surface area contributed by atoms with Crippen molar-refractivity contribution >= 4 is 11.8 Å². The Bertz CT molecular complexity index is 1420. The smallest absolute Gasteiger partial charge is 0.260 e. The lowest BCUT2D eigenvalue weighted by Gasteiger charge is -2.31. The number of aromatic nitrogens is 1. The molecule has 3 aromatic rings. The SMILES string of the molecule is COc1cccc(-c2c(C)c(Cc3c(F)cccc3F)c3n(c2=O)C(CN(C)CCN(C)C)C(C)(C)S3)c1F. The average Bonchev–Trinajstić information content (AvgIpc) is 3.13. The normalized spacial score (nSPS) is 16.3. The number of benzene rings is 2. The van der Waals surface area contributed by atoms with Crippen molar-refractivity contribution in [1.82, 2.24) is 14.4 Å². The largest absolute Gasteiger partial charge is 0.494 e. The molecule has 1 atom stereocenters. The summed E-state index contributed by atoms with van der Waals surface area (Å²) in [6, 6.07) is 8.21. The lowest BCUT2D eigenvalue weighted by molar-refractivity contribution is 0.227. The number of rotatable bonds is 9. The van der Waals surface area contributed by atoms with E-state index >= 15 is 4.39 Å². The predicted molar refractivity (Wildman–Crippen MR) is 152 cm³/mol. The molecule has 210 valence electrons. The summed E-state index contributed by atoms with van der Waals surface area (Å²) in [6.45, 7) is 8.10. The van der Waals surface area contributed by atoms with Gasteiger partial charge in [0.25, 0.3) is 5.56 Å². The molecule has 1 aromatic heterocycles.